The summed E-state index contributed by atoms with van der Waals surface area (Å²) in [5.74, 6) is -2.07. The number of guanidine groups is 1. The zero-order valence-electron chi connectivity index (χ0n) is 25.0. The maximum atomic E-state index is 13.7. The summed E-state index contributed by atoms with van der Waals surface area (Å²) >= 11 is 0. The van der Waals surface area contributed by atoms with Crippen molar-refractivity contribution in [3.05, 3.63) is 47.0 Å². The van der Waals surface area contributed by atoms with Crippen LogP contribution in [-0.2, 0) is 27.8 Å². The van der Waals surface area contributed by atoms with Gasteiger partial charge in [0.1, 0.15) is 11.8 Å². The highest BCUT2D eigenvalue weighted by molar-refractivity contribution is 5.96. The number of aromatic nitrogens is 2. The van der Waals surface area contributed by atoms with Crippen LogP contribution in [0.4, 0.5) is 0 Å². The number of imidazole rings is 1. The van der Waals surface area contributed by atoms with Crippen molar-refractivity contribution in [2.24, 2.45) is 28.1 Å². The zero-order valence-corrected chi connectivity index (χ0v) is 25.0. The quantitative estimate of drug-likeness (QED) is 0.0888. The highest BCUT2D eigenvalue weighted by Crippen LogP contribution is 2.58. The monoisotopic (exact) mass is 609 g/mol. The van der Waals surface area contributed by atoms with Crippen LogP contribution >= 0.6 is 0 Å². The van der Waals surface area contributed by atoms with Crippen molar-refractivity contribution in [2.45, 2.75) is 80.9 Å². The van der Waals surface area contributed by atoms with Gasteiger partial charge in [0, 0.05) is 47.9 Å². The molecule has 14 heteroatoms. The topological polar surface area (TPSA) is 238 Å². The highest BCUT2D eigenvalue weighted by Gasteiger charge is 2.56. The fourth-order valence-electron chi connectivity index (χ4n) is 7.84. The second-order valence-electron chi connectivity index (χ2n) is 12.5. The summed E-state index contributed by atoms with van der Waals surface area (Å²) in [6.45, 7) is 1.09. The normalized spacial score (nSPS) is 25.6. The summed E-state index contributed by atoms with van der Waals surface area (Å²) < 4.78 is 0. The van der Waals surface area contributed by atoms with E-state index in [1.165, 1.54) is 6.33 Å². The molecule has 238 valence electrons. The van der Waals surface area contributed by atoms with E-state index in [2.05, 4.69) is 37.5 Å². The van der Waals surface area contributed by atoms with Crippen LogP contribution in [0.1, 0.15) is 65.7 Å². The number of likely N-dealkylation sites (N-methyl/N-ethyl adjacent to an activating group) is 1. The van der Waals surface area contributed by atoms with E-state index >= 15 is 0 Å². The third kappa shape index (κ3) is 6.22. The number of aromatic hydroxyl groups is 1. The van der Waals surface area contributed by atoms with Gasteiger partial charge in [-0.05, 0) is 76.1 Å². The molecule has 11 N–H and O–H groups in total. The Labute approximate surface area is 255 Å². The van der Waals surface area contributed by atoms with E-state index in [0.29, 0.717) is 18.9 Å². The number of rotatable bonds is 12. The van der Waals surface area contributed by atoms with E-state index in [4.69, 9.17) is 17.2 Å². The first-order valence-electron chi connectivity index (χ1n) is 15.2. The summed E-state index contributed by atoms with van der Waals surface area (Å²) in [5, 5.41) is 27.5. The van der Waals surface area contributed by atoms with Crippen LogP contribution < -0.4 is 27.8 Å². The van der Waals surface area contributed by atoms with Crippen LogP contribution in [0, 0.1) is 5.92 Å². The predicted octanol–water partition coefficient (Wildman–Crippen LogP) is -0.295. The lowest BCUT2D eigenvalue weighted by Crippen LogP contribution is -2.63. The predicted molar refractivity (Wildman–Crippen MR) is 163 cm³/mol. The Morgan fingerprint density at radius 2 is 2.02 bits per heavy atom. The molecule has 1 saturated heterocycles. The number of primary amides is 1. The first-order chi connectivity index (χ1) is 21.0. The molecule has 44 heavy (non-hydrogen) atoms. The molecule has 0 spiro atoms. The third-order valence-electron chi connectivity index (χ3n) is 9.84. The molecule has 14 nitrogen and oxygen atoms in total. The number of nitrogens with one attached hydrogen (secondary N) is 3. The van der Waals surface area contributed by atoms with Gasteiger partial charge in [-0.25, -0.2) is 9.78 Å². The molecule has 2 fully saturated rings. The number of carbonyl (C=O) groups is 3. The molecule has 2 unspecified atom stereocenters. The summed E-state index contributed by atoms with van der Waals surface area (Å²) in [5.41, 5.74) is 18.7. The number of carboxylic acid groups (broad SMARTS) is 1. The zero-order chi connectivity index (χ0) is 31.6. The SMILES string of the molecule is CN1CC[C@]23C[C@H](NC(Cc4cnc[nH]4)C(=O)N[C@H](CCCN=C(N)N)C(=O)O)CCC2[C@H]1Cc1ccc(C(N)=O)c(O)c13. The molecule has 6 atom stereocenters. The molecule has 0 radical (unpaired) electrons. The Morgan fingerprint density at radius 3 is 2.70 bits per heavy atom. The number of carboxylic acids is 1. The van der Waals surface area contributed by atoms with E-state index in [-0.39, 0.29) is 48.6 Å². The number of nitrogens with two attached hydrogens (primary N) is 3. The van der Waals surface area contributed by atoms with Gasteiger partial charge in [-0.15, -0.1) is 0 Å². The summed E-state index contributed by atoms with van der Waals surface area (Å²) in [4.78, 5) is 51.3. The third-order valence-corrected chi connectivity index (χ3v) is 9.84. The molecular formula is C30H43N9O5. The minimum absolute atomic E-state index is 0.0274. The Bertz CT molecular complexity index is 1410. The van der Waals surface area contributed by atoms with Crippen molar-refractivity contribution in [3.63, 3.8) is 0 Å². The number of amides is 2. The number of fused-ring (bicyclic) bond motifs is 1. The number of phenols is 1. The molecule has 5 rings (SSSR count). The van der Waals surface area contributed by atoms with E-state index in [1.54, 1.807) is 12.3 Å². The van der Waals surface area contributed by atoms with Crippen LogP contribution in [0.2, 0.25) is 0 Å². The average molecular weight is 610 g/mol. The number of aliphatic imine (C=N–C) groups is 1. The van der Waals surface area contributed by atoms with Gasteiger partial charge in [0.25, 0.3) is 5.91 Å². The maximum Gasteiger partial charge on any atom is 0.326 e. The smallest absolute Gasteiger partial charge is 0.326 e. The lowest BCUT2D eigenvalue weighted by Gasteiger charge is -2.60. The lowest BCUT2D eigenvalue weighted by molar-refractivity contribution is -0.142. The number of aromatic amines is 1. The van der Waals surface area contributed by atoms with Crippen LogP contribution in [0.5, 0.6) is 5.75 Å². The van der Waals surface area contributed by atoms with Gasteiger partial charge in [0.15, 0.2) is 5.96 Å². The van der Waals surface area contributed by atoms with Crippen LogP contribution in [-0.4, -0.2) is 93.1 Å². The van der Waals surface area contributed by atoms with Crippen LogP contribution in [0.3, 0.4) is 0 Å². The van der Waals surface area contributed by atoms with E-state index < -0.39 is 35.3 Å². The van der Waals surface area contributed by atoms with Crippen LogP contribution in [0.25, 0.3) is 0 Å². The van der Waals surface area contributed by atoms with Gasteiger partial charge in [-0.3, -0.25) is 14.6 Å². The van der Waals surface area contributed by atoms with Gasteiger partial charge in [-0.1, -0.05) is 6.07 Å². The maximum absolute atomic E-state index is 13.7. The highest BCUT2D eigenvalue weighted by atomic mass is 16.4. The molecule has 2 aromatic rings. The molecule has 1 aromatic carbocycles. The van der Waals surface area contributed by atoms with Gasteiger partial charge >= 0.3 is 5.97 Å². The lowest BCUT2D eigenvalue weighted by atomic mass is 9.51. The van der Waals surface area contributed by atoms with Gasteiger partial charge in [0.2, 0.25) is 5.91 Å². The number of benzene rings is 1. The van der Waals surface area contributed by atoms with Gasteiger partial charge in [0.05, 0.1) is 17.9 Å². The largest absolute Gasteiger partial charge is 0.507 e. The molecule has 1 aliphatic heterocycles. The van der Waals surface area contributed by atoms with Crippen molar-refractivity contribution in [1.82, 2.24) is 25.5 Å². The summed E-state index contributed by atoms with van der Waals surface area (Å²) in [7, 11) is 2.14. The van der Waals surface area contributed by atoms with Crippen LogP contribution in [0.15, 0.2) is 29.6 Å². The molecular weight excluding hydrogens is 566 g/mol. The van der Waals surface area contributed by atoms with Crippen molar-refractivity contribution in [3.8, 4) is 5.75 Å². The van der Waals surface area contributed by atoms with Crippen molar-refractivity contribution < 1.29 is 24.6 Å². The number of likely N-dealkylation sites (tertiary alicyclic amines) is 1. The van der Waals surface area contributed by atoms with Crippen molar-refractivity contribution in [2.75, 3.05) is 20.1 Å². The molecule has 1 aromatic heterocycles. The minimum atomic E-state index is -1.14. The second kappa shape index (κ2) is 12.8. The minimum Gasteiger partial charge on any atom is -0.507 e. The number of carbonyl (C=O) groups excluding carboxylic acids is 2. The number of H-pyrrole nitrogens is 1. The second-order valence-corrected chi connectivity index (χ2v) is 12.5. The molecule has 2 bridgehead atoms. The first-order valence-corrected chi connectivity index (χ1v) is 15.2. The van der Waals surface area contributed by atoms with E-state index in [0.717, 1.165) is 49.0 Å². The Hall–Kier alpha value is -4.17. The molecule has 1 saturated carbocycles. The first kappa shape index (κ1) is 31.3. The number of hydrogen-bond acceptors (Lipinski definition) is 8. The summed E-state index contributed by atoms with van der Waals surface area (Å²) in [6, 6.07) is 1.87. The molecule has 2 amide bonds. The number of nitrogens with zero attached hydrogens (tertiary/aromatic N) is 3. The van der Waals surface area contributed by atoms with Crippen molar-refractivity contribution >= 4 is 23.7 Å². The van der Waals surface area contributed by atoms with Gasteiger partial charge in [-0.2, -0.15) is 0 Å². The standard InChI is InChI=1S/C30H43N9O5/c1-39-10-8-30-13-17(5-7-20(30)23(39)11-16-4-6-19(26(31)41)25(40)24(16)30)37-22(12-18-14-34-15-36-18)27(42)38-21(28(43)44)3-2-9-35-29(32)33/h4,6,14-15,17,20-23,37,40H,2-3,5,7-13H2,1H3,(H2,31,41)(H,34,36)(H,38,42)(H,43,44)(H4,32,33,35)/t17-,20?,21-,22?,23-,30+/m1/s1. The van der Waals surface area contributed by atoms with Crippen molar-refractivity contribution in [1.29, 1.82) is 0 Å². The Balaban J connectivity index is 1.40. The Kier molecular flexibility index (Phi) is 9.11. The number of aliphatic carboxylic acids is 1. The van der Waals surface area contributed by atoms with E-state index in [9.17, 15) is 24.6 Å². The molecule has 2 heterocycles. The Morgan fingerprint density at radius 1 is 1.23 bits per heavy atom. The fourth-order valence-corrected chi connectivity index (χ4v) is 7.84. The molecule has 3 aliphatic rings. The molecule has 2 aliphatic carbocycles. The fraction of sp³-hybridized carbons (Fsp3) is 0.567. The van der Waals surface area contributed by atoms with Gasteiger partial charge < -0.3 is 47.9 Å². The van der Waals surface area contributed by atoms with E-state index in [1.807, 2.05) is 6.07 Å². The average Bonchev–Trinajstić information content (AvgIpc) is 3.48. The number of piperidine rings is 1. The number of hydrogen-bond donors (Lipinski definition) is 8. The summed E-state index contributed by atoms with van der Waals surface area (Å²) in [6.07, 6.45) is 7.90.